The van der Waals surface area contributed by atoms with Crippen molar-refractivity contribution >= 4 is 31.7 Å². The van der Waals surface area contributed by atoms with Gasteiger partial charge in [0.2, 0.25) is 0 Å². The fourth-order valence-electron chi connectivity index (χ4n) is 7.41. The summed E-state index contributed by atoms with van der Waals surface area (Å²) < 4.78 is 226. The second-order valence-electron chi connectivity index (χ2n) is 18.5. The van der Waals surface area contributed by atoms with E-state index in [1.807, 2.05) is 0 Å². The van der Waals surface area contributed by atoms with Crippen molar-refractivity contribution in [3.05, 3.63) is 201 Å². The van der Waals surface area contributed by atoms with Gasteiger partial charge in [-0.25, -0.2) is 0 Å². The van der Waals surface area contributed by atoms with Crippen molar-refractivity contribution in [1.29, 1.82) is 0 Å². The minimum absolute atomic E-state index is 0.0332. The van der Waals surface area contributed by atoms with Crippen molar-refractivity contribution in [3.63, 3.8) is 0 Å². The maximum Gasteiger partial charge on any atom is 0.437 e. The molecule has 2 unspecified atom stereocenters. The molecule has 0 aliphatic heterocycles. The second-order valence-corrected chi connectivity index (χ2v) is 21.6. The van der Waals surface area contributed by atoms with Crippen molar-refractivity contribution in [1.82, 2.24) is 0 Å². The molecule has 0 aliphatic carbocycles. The molecule has 6 aromatic carbocycles. The van der Waals surface area contributed by atoms with E-state index in [4.69, 9.17) is 27.2 Å². The molecular weight excluding hydrogens is 1100 g/mol. The van der Waals surface area contributed by atoms with E-state index in [9.17, 15) is 69.5 Å². The first-order chi connectivity index (χ1) is 35.6. The van der Waals surface area contributed by atoms with Gasteiger partial charge >= 0.3 is 44.9 Å². The molecule has 8 N–H and O–H groups in total. The van der Waals surface area contributed by atoms with E-state index in [-0.39, 0.29) is 32.9 Å². The third-order valence-electron chi connectivity index (χ3n) is 12.6. The summed E-state index contributed by atoms with van der Waals surface area (Å²) in [6.07, 6.45) is -19.9. The van der Waals surface area contributed by atoms with Crippen molar-refractivity contribution in [3.8, 4) is 0 Å². The van der Waals surface area contributed by atoms with Gasteiger partial charge in [0.15, 0.2) is 11.4 Å². The van der Waals surface area contributed by atoms with Crippen LogP contribution in [0.25, 0.3) is 0 Å². The van der Waals surface area contributed by atoms with Gasteiger partial charge in [-0.3, -0.25) is 8.57 Å². The number of nitrogens with two attached hydrogens (primary N) is 4. The fraction of sp³-hybridized carbons (Fsp3) is 0.269. The number of rotatable bonds is 14. The first kappa shape index (κ1) is 62.0. The summed E-state index contributed by atoms with van der Waals surface area (Å²) in [4.78, 5) is -0.600. The van der Waals surface area contributed by atoms with E-state index in [0.29, 0.717) is 11.1 Å². The normalized spacial score (nSPS) is 15.1. The second kappa shape index (κ2) is 22.1. The average molecular weight is 1150 g/mol. The zero-order valence-electron chi connectivity index (χ0n) is 41.9. The standard InChI is InChI=1S/C33H28F6N2O6S2.C19H22F6N4/c1-21-5-17-28(18-6-21)48(42,43)46-40-23(3)24-9-13-26(14-10-24)31(4,33(37,38)39)27-15-11-25(12-16-27)30(32(34,35)36)41-47-49(44,45)29-19-7-22(2)8-20-29;1-15(18(20,21)22,11-3-7-13(8-4-11)16(2,26)27)12-5-9-14(10-6-12)17(28,29)19(23,24)25/h5-20H,1-4H3;3-10H,26-29H2,1-2H3/b40-23-,41-30-;. The van der Waals surface area contributed by atoms with Crippen molar-refractivity contribution < 1.29 is 78.1 Å². The number of benzene rings is 6. The molecule has 6 rings (SSSR count). The Hall–Kier alpha value is -6.84. The molecule has 12 nitrogen and oxygen atoms in total. The molecule has 6 aromatic rings. The van der Waals surface area contributed by atoms with Gasteiger partial charge in [0.05, 0.1) is 11.4 Å². The molecule has 0 radical (unpaired) electrons. The molecule has 0 heterocycles. The van der Waals surface area contributed by atoms with Crippen molar-refractivity contribution in [2.75, 3.05) is 0 Å². The van der Waals surface area contributed by atoms with Gasteiger partial charge in [-0.1, -0.05) is 143 Å². The van der Waals surface area contributed by atoms with E-state index in [1.54, 1.807) is 26.0 Å². The van der Waals surface area contributed by atoms with Crippen LogP contribution >= 0.6 is 0 Å². The fourth-order valence-corrected chi connectivity index (χ4v) is 8.90. The van der Waals surface area contributed by atoms with Crippen LogP contribution in [0, 0.1) is 13.8 Å². The highest BCUT2D eigenvalue weighted by atomic mass is 32.2. The predicted molar refractivity (Wildman–Crippen MR) is 266 cm³/mol. The number of alkyl halides is 12. The molecule has 0 bridgehead atoms. The van der Waals surface area contributed by atoms with Gasteiger partial charge in [-0.15, -0.1) is 0 Å². The maximum atomic E-state index is 14.7. The summed E-state index contributed by atoms with van der Waals surface area (Å²) in [6.45, 7) is 8.08. The van der Waals surface area contributed by atoms with Crippen molar-refractivity contribution in [2.45, 2.75) is 98.2 Å². The summed E-state index contributed by atoms with van der Waals surface area (Å²) >= 11 is 0. The minimum atomic E-state index is -5.24. The van der Waals surface area contributed by atoms with Crippen LogP contribution < -0.4 is 22.9 Å². The number of halogens is 12. The summed E-state index contributed by atoms with van der Waals surface area (Å²) in [5.41, 5.74) is 10.0. The first-order valence-corrected chi connectivity index (χ1v) is 25.4. The van der Waals surface area contributed by atoms with Crippen LogP contribution in [0.3, 0.4) is 0 Å². The SMILES string of the molecule is C/C(=N/OS(=O)(=O)c1ccc(C)cc1)c1ccc(C(C)(c2ccc(/C(=N/OS(=O)(=O)c3ccc(C)cc3)C(F)(F)F)cc2)C(F)(F)F)cc1.CC(N)(N)c1ccc(C(C)(c2ccc(C(N)(N)C(F)(F)F)cc2)C(F)(F)F)cc1. The Kier molecular flexibility index (Phi) is 17.6. The van der Waals surface area contributed by atoms with Gasteiger partial charge in [-0.05, 0) is 105 Å². The summed E-state index contributed by atoms with van der Waals surface area (Å²) in [7, 11) is -9.01. The Bertz CT molecular complexity index is 3350. The predicted octanol–water partition coefficient (Wildman–Crippen LogP) is 11.3. The van der Waals surface area contributed by atoms with Crippen LogP contribution in [-0.2, 0) is 51.0 Å². The quantitative estimate of drug-likeness (QED) is 0.0350. The van der Waals surface area contributed by atoms with Gasteiger partial charge in [0.1, 0.15) is 20.6 Å². The lowest BCUT2D eigenvalue weighted by Crippen LogP contribution is -2.57. The molecule has 26 heteroatoms. The Morgan fingerprint density at radius 3 is 1.01 bits per heavy atom. The number of aryl methyl sites for hydroxylation is 2. The highest BCUT2D eigenvalue weighted by molar-refractivity contribution is 7.87. The third kappa shape index (κ3) is 13.5. The van der Waals surface area contributed by atoms with E-state index < -0.39 is 94.4 Å². The number of hydrogen-bond acceptors (Lipinski definition) is 12. The van der Waals surface area contributed by atoms with Gasteiger partial charge in [-0.2, -0.15) is 69.5 Å². The Balaban J connectivity index is 0.000000329. The zero-order valence-corrected chi connectivity index (χ0v) is 43.5. The van der Waals surface area contributed by atoms with Crippen LogP contribution in [0.4, 0.5) is 52.7 Å². The molecule has 420 valence electrons. The molecule has 2 atom stereocenters. The summed E-state index contributed by atoms with van der Waals surface area (Å²) in [5.74, 6) is 0. The number of oxime groups is 2. The maximum absolute atomic E-state index is 14.7. The van der Waals surface area contributed by atoms with Crippen molar-refractivity contribution in [2.24, 2.45) is 33.2 Å². The number of nitrogens with zero attached hydrogens (tertiary/aromatic N) is 2. The van der Waals surface area contributed by atoms with Gasteiger partial charge in [0.25, 0.3) is 0 Å². The van der Waals surface area contributed by atoms with Gasteiger partial charge in [0, 0.05) is 5.56 Å². The molecule has 78 heavy (non-hydrogen) atoms. The Morgan fingerprint density at radius 1 is 0.410 bits per heavy atom. The number of hydrogen-bond donors (Lipinski definition) is 4. The van der Waals surface area contributed by atoms with E-state index in [0.717, 1.165) is 92.2 Å². The monoisotopic (exact) mass is 1150 g/mol. The lowest BCUT2D eigenvalue weighted by Gasteiger charge is -2.34. The van der Waals surface area contributed by atoms with E-state index in [1.165, 1.54) is 74.5 Å². The zero-order chi connectivity index (χ0) is 58.9. The summed E-state index contributed by atoms with van der Waals surface area (Å²) in [6, 6.07) is 27.5. The van der Waals surface area contributed by atoms with Crippen LogP contribution in [0.2, 0.25) is 0 Å². The largest absolute Gasteiger partial charge is 0.437 e. The molecule has 0 spiro atoms. The first-order valence-electron chi connectivity index (χ1n) is 22.6. The topological polar surface area (TPSA) is 216 Å². The smallest absolute Gasteiger partial charge is 0.310 e. The highest BCUT2D eigenvalue weighted by Crippen LogP contribution is 2.48. The minimum Gasteiger partial charge on any atom is -0.310 e. The van der Waals surface area contributed by atoms with E-state index in [2.05, 4.69) is 14.6 Å². The Morgan fingerprint density at radius 2 is 0.705 bits per heavy atom. The molecule has 0 amide bonds. The summed E-state index contributed by atoms with van der Waals surface area (Å²) in [5, 5.41) is 6.45. The molecule has 0 fully saturated rings. The molecular formula is C52H50F12N6O6S2. The molecule has 0 aromatic heterocycles. The molecule has 0 saturated carbocycles. The average Bonchev–Trinajstić information content (AvgIpc) is 3.34. The Labute approximate surface area is 441 Å². The van der Waals surface area contributed by atoms with Crippen LogP contribution in [0.15, 0.2) is 166 Å². The van der Waals surface area contributed by atoms with Crippen LogP contribution in [0.5, 0.6) is 0 Å². The lowest BCUT2D eigenvalue weighted by atomic mass is 9.74. The van der Waals surface area contributed by atoms with Gasteiger partial charge < -0.3 is 22.9 Å². The van der Waals surface area contributed by atoms with Crippen LogP contribution in [-0.4, -0.2) is 53.0 Å². The van der Waals surface area contributed by atoms with E-state index >= 15 is 0 Å². The molecule has 0 aliphatic rings. The molecule has 0 saturated heterocycles. The third-order valence-corrected chi connectivity index (χ3v) is 14.9. The van der Waals surface area contributed by atoms with Crippen LogP contribution in [0.1, 0.15) is 83.3 Å². The highest BCUT2D eigenvalue weighted by Gasteiger charge is 2.55. The lowest BCUT2D eigenvalue weighted by molar-refractivity contribution is -0.188.